The van der Waals surface area contributed by atoms with Crippen LogP contribution in [0.2, 0.25) is 0 Å². The van der Waals surface area contributed by atoms with Gasteiger partial charge in [0, 0.05) is 26.2 Å². The second kappa shape index (κ2) is 5.41. The quantitative estimate of drug-likeness (QED) is 0.836. The lowest BCUT2D eigenvalue weighted by molar-refractivity contribution is 0.0766. The van der Waals surface area contributed by atoms with E-state index in [2.05, 4.69) is 4.90 Å². The van der Waals surface area contributed by atoms with Crippen molar-refractivity contribution < 1.29 is 4.79 Å². The van der Waals surface area contributed by atoms with Crippen LogP contribution in [0.5, 0.6) is 0 Å². The van der Waals surface area contributed by atoms with E-state index < -0.39 is 0 Å². The molecule has 98 valence electrons. The summed E-state index contributed by atoms with van der Waals surface area (Å²) in [6.07, 6.45) is 3.94. The van der Waals surface area contributed by atoms with Crippen molar-refractivity contribution in [1.29, 1.82) is 0 Å². The highest BCUT2D eigenvalue weighted by Crippen LogP contribution is 2.30. The second-order valence-corrected chi connectivity index (χ2v) is 6.31. The maximum atomic E-state index is 12.3. The van der Waals surface area contributed by atoms with Crippen LogP contribution in [0, 0.1) is 5.92 Å². The molecule has 1 aromatic rings. The molecule has 0 unspecified atom stereocenters. The average Bonchev–Trinajstić information content (AvgIpc) is 3.08. The van der Waals surface area contributed by atoms with Crippen molar-refractivity contribution in [3.8, 4) is 0 Å². The van der Waals surface area contributed by atoms with Crippen molar-refractivity contribution in [2.45, 2.75) is 19.3 Å². The highest BCUT2D eigenvalue weighted by molar-refractivity contribution is 7.12. The predicted molar refractivity (Wildman–Crippen MR) is 74.0 cm³/mol. The third-order valence-corrected chi connectivity index (χ3v) is 4.68. The summed E-state index contributed by atoms with van der Waals surface area (Å²) in [5, 5.41) is 1.98. The number of amides is 1. The SMILES string of the molecule is O=C(c1cccs1)N1CCCN(CC2CC2)CC1. The van der Waals surface area contributed by atoms with Crippen molar-refractivity contribution in [1.82, 2.24) is 9.80 Å². The van der Waals surface area contributed by atoms with Crippen molar-refractivity contribution in [3.05, 3.63) is 22.4 Å². The third kappa shape index (κ3) is 2.93. The van der Waals surface area contributed by atoms with E-state index in [1.165, 1.54) is 19.4 Å². The normalized spacial score (nSPS) is 21.9. The van der Waals surface area contributed by atoms with E-state index >= 15 is 0 Å². The number of thiophene rings is 1. The summed E-state index contributed by atoms with van der Waals surface area (Å²) in [7, 11) is 0. The molecule has 4 heteroatoms. The molecule has 1 saturated carbocycles. The number of hydrogen-bond donors (Lipinski definition) is 0. The van der Waals surface area contributed by atoms with Crippen LogP contribution in [0.15, 0.2) is 17.5 Å². The molecular weight excluding hydrogens is 244 g/mol. The average molecular weight is 264 g/mol. The van der Waals surface area contributed by atoms with Gasteiger partial charge in [0.1, 0.15) is 0 Å². The Hall–Kier alpha value is -0.870. The Bertz CT molecular complexity index is 400. The van der Waals surface area contributed by atoms with Gasteiger partial charge in [-0.3, -0.25) is 4.79 Å². The number of carbonyl (C=O) groups excluding carboxylic acids is 1. The summed E-state index contributed by atoms with van der Waals surface area (Å²) in [6, 6.07) is 3.88. The van der Waals surface area contributed by atoms with Crippen LogP contribution in [0.1, 0.15) is 28.9 Å². The van der Waals surface area contributed by atoms with E-state index in [9.17, 15) is 4.79 Å². The molecule has 1 aromatic heterocycles. The lowest BCUT2D eigenvalue weighted by Crippen LogP contribution is -2.35. The highest BCUT2D eigenvalue weighted by Gasteiger charge is 2.26. The Kier molecular flexibility index (Phi) is 3.66. The molecule has 0 bridgehead atoms. The van der Waals surface area contributed by atoms with Crippen LogP contribution in [0.25, 0.3) is 0 Å². The van der Waals surface area contributed by atoms with Crippen LogP contribution in [0.3, 0.4) is 0 Å². The molecule has 2 fully saturated rings. The summed E-state index contributed by atoms with van der Waals surface area (Å²) in [6.45, 7) is 5.26. The molecule has 0 radical (unpaired) electrons. The van der Waals surface area contributed by atoms with Gasteiger partial charge in [0.05, 0.1) is 4.88 Å². The van der Waals surface area contributed by atoms with Crippen molar-refractivity contribution >= 4 is 17.2 Å². The van der Waals surface area contributed by atoms with Gasteiger partial charge in [0.2, 0.25) is 0 Å². The van der Waals surface area contributed by atoms with E-state index in [1.54, 1.807) is 11.3 Å². The fourth-order valence-electron chi connectivity index (χ4n) is 2.58. The van der Waals surface area contributed by atoms with Crippen molar-refractivity contribution in [2.75, 3.05) is 32.7 Å². The van der Waals surface area contributed by atoms with Crippen LogP contribution in [-0.2, 0) is 0 Å². The largest absolute Gasteiger partial charge is 0.337 e. The van der Waals surface area contributed by atoms with Crippen LogP contribution in [0.4, 0.5) is 0 Å². The summed E-state index contributed by atoms with van der Waals surface area (Å²) < 4.78 is 0. The van der Waals surface area contributed by atoms with Gasteiger partial charge >= 0.3 is 0 Å². The van der Waals surface area contributed by atoms with Crippen molar-refractivity contribution in [2.24, 2.45) is 5.92 Å². The Balaban J connectivity index is 1.56. The minimum absolute atomic E-state index is 0.221. The monoisotopic (exact) mass is 264 g/mol. The number of carbonyl (C=O) groups is 1. The van der Waals surface area contributed by atoms with Gasteiger partial charge in [-0.25, -0.2) is 0 Å². The molecule has 1 saturated heterocycles. The number of hydrogen-bond acceptors (Lipinski definition) is 3. The van der Waals surface area contributed by atoms with Gasteiger partial charge in [-0.1, -0.05) is 6.07 Å². The van der Waals surface area contributed by atoms with Gasteiger partial charge in [-0.2, -0.15) is 0 Å². The van der Waals surface area contributed by atoms with Crippen molar-refractivity contribution in [3.63, 3.8) is 0 Å². The Morgan fingerprint density at radius 3 is 2.89 bits per heavy atom. The summed E-state index contributed by atoms with van der Waals surface area (Å²) in [5.41, 5.74) is 0. The van der Waals surface area contributed by atoms with E-state index in [4.69, 9.17) is 0 Å². The third-order valence-electron chi connectivity index (χ3n) is 3.82. The molecule has 1 aliphatic heterocycles. The zero-order chi connectivity index (χ0) is 12.4. The highest BCUT2D eigenvalue weighted by atomic mass is 32.1. The second-order valence-electron chi connectivity index (χ2n) is 5.37. The number of rotatable bonds is 3. The Morgan fingerprint density at radius 1 is 1.28 bits per heavy atom. The molecule has 0 spiro atoms. The zero-order valence-electron chi connectivity index (χ0n) is 10.7. The number of nitrogens with zero attached hydrogens (tertiary/aromatic N) is 2. The molecule has 3 rings (SSSR count). The van der Waals surface area contributed by atoms with Gasteiger partial charge in [0.15, 0.2) is 0 Å². The van der Waals surface area contributed by atoms with Gasteiger partial charge in [-0.05, 0) is 43.2 Å². The van der Waals surface area contributed by atoms with Crippen LogP contribution in [-0.4, -0.2) is 48.4 Å². The Labute approximate surface area is 112 Å². The Morgan fingerprint density at radius 2 is 2.17 bits per heavy atom. The molecule has 0 atom stereocenters. The van der Waals surface area contributed by atoms with E-state index in [0.717, 1.165) is 43.4 Å². The fraction of sp³-hybridized carbons (Fsp3) is 0.643. The van der Waals surface area contributed by atoms with E-state index in [0.29, 0.717) is 0 Å². The van der Waals surface area contributed by atoms with E-state index in [-0.39, 0.29) is 5.91 Å². The molecule has 2 aliphatic rings. The van der Waals surface area contributed by atoms with Gasteiger partial charge in [0.25, 0.3) is 5.91 Å². The smallest absolute Gasteiger partial charge is 0.263 e. The fourth-order valence-corrected chi connectivity index (χ4v) is 3.27. The van der Waals surface area contributed by atoms with Crippen LogP contribution < -0.4 is 0 Å². The predicted octanol–water partition coefficient (Wildman–Crippen LogP) is 2.31. The maximum absolute atomic E-state index is 12.3. The molecule has 2 heterocycles. The first kappa shape index (κ1) is 12.2. The first-order valence-corrected chi connectivity index (χ1v) is 7.76. The molecule has 0 aromatic carbocycles. The minimum Gasteiger partial charge on any atom is -0.337 e. The van der Waals surface area contributed by atoms with Gasteiger partial charge in [-0.15, -0.1) is 11.3 Å². The molecule has 18 heavy (non-hydrogen) atoms. The van der Waals surface area contributed by atoms with E-state index in [1.807, 2.05) is 22.4 Å². The summed E-state index contributed by atoms with van der Waals surface area (Å²) in [4.78, 5) is 17.7. The lowest BCUT2D eigenvalue weighted by atomic mass is 10.3. The molecule has 1 aliphatic carbocycles. The molecule has 0 N–H and O–H groups in total. The minimum atomic E-state index is 0.221. The molecule has 1 amide bonds. The lowest BCUT2D eigenvalue weighted by Gasteiger charge is -2.21. The first-order valence-electron chi connectivity index (χ1n) is 6.88. The first-order chi connectivity index (χ1) is 8.83. The molecular formula is C14H20N2OS. The standard InChI is InChI=1S/C14H20N2OS/c17-14(13-3-1-10-18-13)16-7-2-6-15(8-9-16)11-12-4-5-12/h1,3,10,12H,2,4-9,11H2. The zero-order valence-corrected chi connectivity index (χ0v) is 11.5. The van der Waals surface area contributed by atoms with Gasteiger partial charge < -0.3 is 9.80 Å². The maximum Gasteiger partial charge on any atom is 0.263 e. The summed E-state index contributed by atoms with van der Waals surface area (Å²) in [5.74, 6) is 1.17. The molecule has 3 nitrogen and oxygen atoms in total. The van der Waals surface area contributed by atoms with Crippen LogP contribution >= 0.6 is 11.3 Å². The summed E-state index contributed by atoms with van der Waals surface area (Å²) >= 11 is 1.55. The topological polar surface area (TPSA) is 23.6 Å².